The molecule has 0 spiro atoms. The predicted octanol–water partition coefficient (Wildman–Crippen LogP) is 3.46. The molecule has 0 bridgehead atoms. The second-order valence-corrected chi connectivity index (χ2v) is 6.97. The van der Waals surface area contributed by atoms with Crippen LogP contribution in [0.25, 0.3) is 0 Å². The molecule has 1 saturated heterocycles. The van der Waals surface area contributed by atoms with Crippen LogP contribution in [-0.4, -0.2) is 28.2 Å². The van der Waals surface area contributed by atoms with E-state index in [1.54, 1.807) is 19.1 Å². The van der Waals surface area contributed by atoms with E-state index < -0.39 is 17.6 Å². The molecule has 2 heterocycles. The quantitative estimate of drug-likeness (QED) is 0.768. The largest absolute Gasteiger partial charge is 0.383 e. The highest BCUT2D eigenvalue weighted by Crippen LogP contribution is 2.33. The Morgan fingerprint density at radius 1 is 1.33 bits per heavy atom. The van der Waals surface area contributed by atoms with Crippen LogP contribution in [-0.2, 0) is 9.59 Å². The fourth-order valence-corrected chi connectivity index (χ4v) is 3.40. The Kier molecular flexibility index (Phi) is 5.60. The van der Waals surface area contributed by atoms with E-state index in [0.29, 0.717) is 35.6 Å². The lowest BCUT2D eigenvalue weighted by atomic mass is 9.95. The molecule has 0 saturated carbocycles. The molecule has 0 aliphatic carbocycles. The van der Waals surface area contributed by atoms with Crippen molar-refractivity contribution in [3.63, 3.8) is 0 Å². The van der Waals surface area contributed by atoms with Crippen LogP contribution in [0.3, 0.4) is 0 Å². The maximum atomic E-state index is 13.5. The highest BCUT2D eigenvalue weighted by Gasteiger charge is 2.32. The van der Waals surface area contributed by atoms with Crippen LogP contribution in [0.4, 0.5) is 15.9 Å². The van der Waals surface area contributed by atoms with Crippen molar-refractivity contribution in [1.82, 2.24) is 9.88 Å². The molecular weight excluding hydrogens is 371 g/mol. The van der Waals surface area contributed by atoms with Crippen LogP contribution in [0.1, 0.15) is 36.4 Å². The summed E-state index contributed by atoms with van der Waals surface area (Å²) < 4.78 is 13.5. The molecule has 8 heteroatoms. The number of likely N-dealkylation sites (tertiary alicyclic amines) is 1. The Morgan fingerprint density at radius 2 is 2.11 bits per heavy atom. The van der Waals surface area contributed by atoms with Crippen LogP contribution >= 0.6 is 11.6 Å². The van der Waals surface area contributed by atoms with E-state index in [9.17, 15) is 14.0 Å². The zero-order valence-corrected chi connectivity index (χ0v) is 15.6. The maximum absolute atomic E-state index is 13.5. The number of benzene rings is 1. The lowest BCUT2D eigenvalue weighted by Crippen LogP contribution is -2.44. The van der Waals surface area contributed by atoms with Crippen molar-refractivity contribution in [3.8, 4) is 0 Å². The summed E-state index contributed by atoms with van der Waals surface area (Å²) in [5.74, 6) is -1.54. The van der Waals surface area contributed by atoms with Gasteiger partial charge in [0.2, 0.25) is 0 Å². The van der Waals surface area contributed by atoms with E-state index in [0.717, 1.165) is 12.8 Å². The third-order valence-corrected chi connectivity index (χ3v) is 4.95. The number of rotatable bonds is 2. The SMILES string of the molecule is Cc1cc(NC(=O)C(=O)N2CCCC[C@H]2c2ccc(F)c(Cl)c2)cnc1N. The minimum atomic E-state index is -0.749. The maximum Gasteiger partial charge on any atom is 0.313 e. The van der Waals surface area contributed by atoms with Crippen molar-refractivity contribution in [3.05, 3.63) is 52.4 Å². The molecule has 0 unspecified atom stereocenters. The molecule has 0 radical (unpaired) electrons. The Balaban J connectivity index is 1.78. The smallest absolute Gasteiger partial charge is 0.313 e. The molecule has 1 aliphatic rings. The van der Waals surface area contributed by atoms with E-state index in [1.807, 2.05) is 0 Å². The average Bonchev–Trinajstić information content (AvgIpc) is 2.66. The molecule has 2 aromatic rings. The molecular formula is C19H20ClFN4O2. The molecule has 3 rings (SSSR count). The lowest BCUT2D eigenvalue weighted by Gasteiger charge is -2.35. The first-order valence-electron chi connectivity index (χ1n) is 8.66. The second-order valence-electron chi connectivity index (χ2n) is 6.56. The van der Waals surface area contributed by atoms with E-state index in [4.69, 9.17) is 17.3 Å². The molecule has 1 aromatic carbocycles. The number of nitrogens with zero attached hydrogens (tertiary/aromatic N) is 2. The number of carbonyl (C=O) groups excluding carboxylic acids is 2. The fraction of sp³-hybridized carbons (Fsp3) is 0.316. The molecule has 27 heavy (non-hydrogen) atoms. The van der Waals surface area contributed by atoms with E-state index in [2.05, 4.69) is 10.3 Å². The van der Waals surface area contributed by atoms with E-state index >= 15 is 0 Å². The monoisotopic (exact) mass is 390 g/mol. The standard InChI is InChI=1S/C19H20ClFN4O2/c1-11-8-13(10-23-17(11)22)24-18(26)19(27)25-7-3-2-4-16(25)12-5-6-15(21)14(20)9-12/h5-6,8-10,16H,2-4,7H2,1H3,(H2,22,23)(H,24,26)/t16-/m0/s1. The van der Waals surface area contributed by atoms with Gasteiger partial charge in [0.1, 0.15) is 11.6 Å². The second kappa shape index (κ2) is 7.92. The normalized spacial score (nSPS) is 16.9. The van der Waals surface area contributed by atoms with Gasteiger partial charge in [-0.15, -0.1) is 0 Å². The number of aryl methyl sites for hydroxylation is 1. The van der Waals surface area contributed by atoms with Crippen molar-refractivity contribution in [2.75, 3.05) is 17.6 Å². The van der Waals surface area contributed by atoms with Crippen LogP contribution < -0.4 is 11.1 Å². The van der Waals surface area contributed by atoms with Crippen LogP contribution in [0, 0.1) is 12.7 Å². The third kappa shape index (κ3) is 4.19. The van der Waals surface area contributed by atoms with Crippen molar-refractivity contribution in [2.45, 2.75) is 32.2 Å². The molecule has 6 nitrogen and oxygen atoms in total. The number of piperidine rings is 1. The Bertz CT molecular complexity index is 890. The predicted molar refractivity (Wildman–Crippen MR) is 102 cm³/mol. The van der Waals surface area contributed by atoms with Gasteiger partial charge < -0.3 is 16.0 Å². The first-order valence-corrected chi connectivity index (χ1v) is 9.03. The van der Waals surface area contributed by atoms with Crippen molar-refractivity contribution in [1.29, 1.82) is 0 Å². The topological polar surface area (TPSA) is 88.3 Å². The first kappa shape index (κ1) is 19.1. The Morgan fingerprint density at radius 3 is 2.81 bits per heavy atom. The van der Waals surface area contributed by atoms with Crippen molar-refractivity contribution in [2.24, 2.45) is 0 Å². The number of nitrogens with two attached hydrogens (primary N) is 1. The minimum absolute atomic E-state index is 0.00153. The number of nitrogens with one attached hydrogen (secondary N) is 1. The number of pyridine rings is 1. The zero-order chi connectivity index (χ0) is 19.6. The summed E-state index contributed by atoms with van der Waals surface area (Å²) in [6.07, 6.45) is 3.80. The Hall–Kier alpha value is -2.67. The third-order valence-electron chi connectivity index (χ3n) is 4.66. The van der Waals surface area contributed by atoms with Crippen molar-refractivity contribution >= 4 is 34.9 Å². The lowest BCUT2D eigenvalue weighted by molar-refractivity contribution is -0.145. The van der Waals surface area contributed by atoms with Crippen LogP contribution in [0.15, 0.2) is 30.5 Å². The molecule has 3 N–H and O–H groups in total. The molecule has 1 aliphatic heterocycles. The van der Waals surface area contributed by atoms with Gasteiger partial charge in [-0.1, -0.05) is 17.7 Å². The molecule has 142 valence electrons. The molecule has 1 fully saturated rings. The van der Waals surface area contributed by atoms with Crippen molar-refractivity contribution < 1.29 is 14.0 Å². The van der Waals surface area contributed by atoms with Gasteiger partial charge in [-0.3, -0.25) is 9.59 Å². The van der Waals surface area contributed by atoms with Gasteiger partial charge in [0.05, 0.1) is 22.9 Å². The summed E-state index contributed by atoms with van der Waals surface area (Å²) in [6, 6.07) is 5.72. The Labute approximate surface area is 161 Å². The summed E-state index contributed by atoms with van der Waals surface area (Å²) in [7, 11) is 0. The van der Waals surface area contributed by atoms with Gasteiger partial charge in [0.25, 0.3) is 0 Å². The zero-order valence-electron chi connectivity index (χ0n) is 14.8. The number of carbonyl (C=O) groups is 2. The summed E-state index contributed by atoms with van der Waals surface area (Å²) in [5, 5.41) is 2.56. The number of nitrogen functional groups attached to an aromatic ring is 1. The summed E-state index contributed by atoms with van der Waals surface area (Å²) >= 11 is 5.88. The molecule has 2 amide bonds. The average molecular weight is 391 g/mol. The summed E-state index contributed by atoms with van der Waals surface area (Å²) in [5.41, 5.74) is 7.49. The molecule has 1 aromatic heterocycles. The fourth-order valence-electron chi connectivity index (χ4n) is 3.21. The minimum Gasteiger partial charge on any atom is -0.383 e. The molecule has 1 atom stereocenters. The highest BCUT2D eigenvalue weighted by molar-refractivity contribution is 6.39. The summed E-state index contributed by atoms with van der Waals surface area (Å²) in [4.78, 5) is 30.7. The van der Waals surface area contributed by atoms with Gasteiger partial charge in [-0.2, -0.15) is 0 Å². The van der Waals surface area contributed by atoms with Gasteiger partial charge in [0.15, 0.2) is 0 Å². The highest BCUT2D eigenvalue weighted by atomic mass is 35.5. The number of amides is 2. The van der Waals surface area contributed by atoms with Gasteiger partial charge in [0, 0.05) is 6.54 Å². The number of halogens is 2. The van der Waals surface area contributed by atoms with Gasteiger partial charge in [-0.05, 0) is 55.5 Å². The van der Waals surface area contributed by atoms with Crippen LogP contribution in [0.5, 0.6) is 0 Å². The number of hydrogen-bond acceptors (Lipinski definition) is 4. The van der Waals surface area contributed by atoms with Gasteiger partial charge in [-0.25, -0.2) is 9.37 Å². The number of anilines is 2. The number of aromatic nitrogens is 1. The van der Waals surface area contributed by atoms with E-state index in [-0.39, 0.29) is 11.1 Å². The number of hydrogen-bond donors (Lipinski definition) is 2. The first-order chi connectivity index (χ1) is 12.9. The van der Waals surface area contributed by atoms with E-state index in [1.165, 1.54) is 23.2 Å². The van der Waals surface area contributed by atoms with Crippen LogP contribution in [0.2, 0.25) is 5.02 Å². The summed E-state index contributed by atoms with van der Waals surface area (Å²) in [6.45, 7) is 2.21. The van der Waals surface area contributed by atoms with Gasteiger partial charge >= 0.3 is 11.8 Å².